The van der Waals surface area contributed by atoms with Crippen LogP contribution >= 0.6 is 0 Å². The second kappa shape index (κ2) is 9.93. The van der Waals surface area contributed by atoms with E-state index in [4.69, 9.17) is 0 Å². The first-order valence-corrected chi connectivity index (χ1v) is 11.0. The van der Waals surface area contributed by atoms with Gasteiger partial charge in [0.25, 0.3) is 5.91 Å². The van der Waals surface area contributed by atoms with Crippen LogP contribution in [-0.4, -0.2) is 44.9 Å². The molecule has 35 heavy (non-hydrogen) atoms. The Morgan fingerprint density at radius 1 is 1.11 bits per heavy atom. The molecule has 1 unspecified atom stereocenters. The Morgan fingerprint density at radius 2 is 1.83 bits per heavy atom. The van der Waals surface area contributed by atoms with Gasteiger partial charge in [-0.25, -0.2) is 23.7 Å². The maximum atomic E-state index is 14.2. The summed E-state index contributed by atoms with van der Waals surface area (Å²) in [5, 5.41) is 3.00. The minimum atomic E-state index is -4.49. The van der Waals surface area contributed by atoms with Crippen molar-refractivity contribution in [3.8, 4) is 11.4 Å². The van der Waals surface area contributed by atoms with Gasteiger partial charge in [0, 0.05) is 37.2 Å². The molecule has 1 fully saturated rings. The van der Waals surface area contributed by atoms with Gasteiger partial charge in [-0.15, -0.1) is 0 Å². The van der Waals surface area contributed by atoms with Gasteiger partial charge < -0.3 is 10.2 Å². The van der Waals surface area contributed by atoms with Crippen molar-refractivity contribution in [1.82, 2.24) is 19.9 Å². The first-order valence-electron chi connectivity index (χ1n) is 11.0. The molecule has 1 aromatic carbocycles. The molecule has 0 aliphatic carbocycles. The molecule has 0 saturated carbocycles. The van der Waals surface area contributed by atoms with Crippen LogP contribution in [0, 0.1) is 17.6 Å². The average molecular weight is 491 g/mol. The predicted octanol–water partition coefficient (Wildman–Crippen LogP) is 5.19. The third-order valence-electron chi connectivity index (χ3n) is 6.06. The Balaban J connectivity index is 1.60. The zero-order valence-electron chi connectivity index (χ0n) is 18.7. The molecule has 2 aromatic heterocycles. The van der Waals surface area contributed by atoms with Crippen molar-refractivity contribution in [3.05, 3.63) is 71.7 Å². The SMILES string of the molecule is CC1CCCN(C(=O)c2cc(F)c(F)cc2-c2ncccn2)[C@@H]1CNc1ccc(C(F)(F)F)cn1. The van der Waals surface area contributed by atoms with Crippen molar-refractivity contribution in [3.63, 3.8) is 0 Å². The third-order valence-corrected chi connectivity index (χ3v) is 6.06. The fourth-order valence-corrected chi connectivity index (χ4v) is 4.19. The monoisotopic (exact) mass is 491 g/mol. The van der Waals surface area contributed by atoms with Gasteiger partial charge in [0.2, 0.25) is 0 Å². The Hall–Kier alpha value is -3.63. The number of alkyl halides is 3. The standard InChI is InChI=1S/C24H22F5N5O/c1-14-4-2-9-34(20(14)13-33-21-6-5-15(12-32-21)24(27,28)29)23(35)17-11-19(26)18(25)10-16(17)22-30-7-3-8-31-22/h3,5-8,10-12,14,20H,2,4,9,13H2,1H3,(H,32,33)/t14?,20-/m1/s1. The van der Waals surface area contributed by atoms with Gasteiger partial charge in [0.1, 0.15) is 5.82 Å². The van der Waals surface area contributed by atoms with E-state index < -0.39 is 29.3 Å². The summed E-state index contributed by atoms with van der Waals surface area (Å²) in [5.74, 6) is -2.44. The van der Waals surface area contributed by atoms with E-state index in [0.29, 0.717) is 13.0 Å². The van der Waals surface area contributed by atoms with E-state index in [1.54, 1.807) is 11.0 Å². The van der Waals surface area contributed by atoms with E-state index >= 15 is 0 Å². The quantitative estimate of drug-likeness (QED) is 0.498. The summed E-state index contributed by atoms with van der Waals surface area (Å²) in [6.07, 6.45) is 0.654. The number of halogens is 5. The summed E-state index contributed by atoms with van der Waals surface area (Å²) >= 11 is 0. The molecule has 6 nitrogen and oxygen atoms in total. The molecule has 184 valence electrons. The lowest BCUT2D eigenvalue weighted by molar-refractivity contribution is -0.137. The molecule has 11 heteroatoms. The molecular weight excluding hydrogens is 469 g/mol. The maximum absolute atomic E-state index is 14.2. The Morgan fingerprint density at radius 3 is 2.49 bits per heavy atom. The summed E-state index contributed by atoms with van der Waals surface area (Å²) < 4.78 is 66.6. The molecule has 1 N–H and O–H groups in total. The molecule has 0 radical (unpaired) electrons. The number of carbonyl (C=O) groups excluding carboxylic acids is 1. The summed E-state index contributed by atoms with van der Waals surface area (Å²) in [6.45, 7) is 2.55. The lowest BCUT2D eigenvalue weighted by Gasteiger charge is -2.40. The number of benzene rings is 1. The van der Waals surface area contributed by atoms with Crippen LogP contribution in [0.4, 0.5) is 27.8 Å². The zero-order chi connectivity index (χ0) is 25.2. The van der Waals surface area contributed by atoms with Gasteiger partial charge in [-0.05, 0) is 49.1 Å². The van der Waals surface area contributed by atoms with Gasteiger partial charge in [-0.3, -0.25) is 4.79 Å². The first kappa shape index (κ1) is 24.5. The number of nitrogens with one attached hydrogen (secondary N) is 1. The number of nitrogens with zero attached hydrogens (tertiary/aromatic N) is 4. The Bertz CT molecular complexity index is 1190. The molecule has 4 rings (SSSR count). The second-order valence-corrected chi connectivity index (χ2v) is 8.38. The molecule has 1 amide bonds. The van der Waals surface area contributed by atoms with Crippen molar-refractivity contribution in [2.24, 2.45) is 5.92 Å². The van der Waals surface area contributed by atoms with Crippen molar-refractivity contribution >= 4 is 11.7 Å². The molecule has 1 aliphatic heterocycles. The lowest BCUT2D eigenvalue weighted by Crippen LogP contribution is -2.51. The van der Waals surface area contributed by atoms with Gasteiger partial charge in [0.15, 0.2) is 17.5 Å². The van der Waals surface area contributed by atoms with Crippen molar-refractivity contribution < 1.29 is 26.7 Å². The molecule has 0 spiro atoms. The van der Waals surface area contributed by atoms with Gasteiger partial charge in [-0.1, -0.05) is 6.92 Å². The minimum Gasteiger partial charge on any atom is -0.368 e. The number of aromatic nitrogens is 3. The molecule has 1 saturated heterocycles. The van der Waals surface area contributed by atoms with E-state index in [-0.39, 0.29) is 41.3 Å². The van der Waals surface area contributed by atoms with E-state index in [1.807, 2.05) is 6.92 Å². The van der Waals surface area contributed by atoms with Gasteiger partial charge >= 0.3 is 6.18 Å². The molecule has 0 bridgehead atoms. The zero-order valence-corrected chi connectivity index (χ0v) is 18.7. The van der Waals surface area contributed by atoms with Crippen LogP contribution in [0.5, 0.6) is 0 Å². The van der Waals surface area contributed by atoms with Crippen LogP contribution in [0.15, 0.2) is 48.9 Å². The highest BCUT2D eigenvalue weighted by atomic mass is 19.4. The number of amides is 1. The second-order valence-electron chi connectivity index (χ2n) is 8.38. The first-order chi connectivity index (χ1) is 16.6. The fraction of sp³-hybridized carbons (Fsp3) is 0.333. The summed E-state index contributed by atoms with van der Waals surface area (Å²) in [7, 11) is 0. The highest BCUT2D eigenvalue weighted by Gasteiger charge is 2.34. The van der Waals surface area contributed by atoms with E-state index in [2.05, 4.69) is 20.3 Å². The number of hydrogen-bond acceptors (Lipinski definition) is 5. The van der Waals surface area contributed by atoms with Crippen LogP contribution in [0.2, 0.25) is 0 Å². The number of hydrogen-bond donors (Lipinski definition) is 1. The highest BCUT2D eigenvalue weighted by molar-refractivity contribution is 6.00. The minimum absolute atomic E-state index is 0.0383. The fourth-order valence-electron chi connectivity index (χ4n) is 4.19. The van der Waals surface area contributed by atoms with Crippen molar-refractivity contribution in [1.29, 1.82) is 0 Å². The van der Waals surface area contributed by atoms with Crippen LogP contribution in [0.1, 0.15) is 35.7 Å². The lowest BCUT2D eigenvalue weighted by atomic mass is 9.89. The number of carbonyl (C=O) groups is 1. The highest BCUT2D eigenvalue weighted by Crippen LogP contribution is 2.31. The Labute approximate surface area is 198 Å². The van der Waals surface area contributed by atoms with Gasteiger partial charge in [0.05, 0.1) is 17.2 Å². The molecule has 1 aliphatic rings. The molecular formula is C24H22F5N5O. The predicted molar refractivity (Wildman–Crippen MR) is 118 cm³/mol. The number of rotatable bonds is 5. The number of pyridine rings is 1. The number of anilines is 1. The molecule has 3 aromatic rings. The normalized spacial score (nSPS) is 18.4. The Kier molecular flexibility index (Phi) is 6.95. The number of likely N-dealkylation sites (tertiary alicyclic amines) is 1. The van der Waals surface area contributed by atoms with Crippen LogP contribution < -0.4 is 5.32 Å². The van der Waals surface area contributed by atoms with Crippen LogP contribution in [-0.2, 0) is 6.18 Å². The maximum Gasteiger partial charge on any atom is 0.417 e. The molecule has 3 heterocycles. The average Bonchev–Trinajstić information content (AvgIpc) is 2.84. The summed E-state index contributed by atoms with van der Waals surface area (Å²) in [6, 6.07) is 5.11. The van der Waals surface area contributed by atoms with Gasteiger partial charge in [-0.2, -0.15) is 13.2 Å². The van der Waals surface area contributed by atoms with E-state index in [0.717, 1.165) is 30.8 Å². The van der Waals surface area contributed by atoms with Crippen LogP contribution in [0.25, 0.3) is 11.4 Å². The summed E-state index contributed by atoms with van der Waals surface area (Å²) in [5.41, 5.74) is -0.856. The van der Waals surface area contributed by atoms with E-state index in [1.165, 1.54) is 18.5 Å². The van der Waals surface area contributed by atoms with E-state index in [9.17, 15) is 26.7 Å². The largest absolute Gasteiger partial charge is 0.417 e. The smallest absolute Gasteiger partial charge is 0.368 e. The topological polar surface area (TPSA) is 71.0 Å². The van der Waals surface area contributed by atoms with Crippen molar-refractivity contribution in [2.75, 3.05) is 18.4 Å². The summed E-state index contributed by atoms with van der Waals surface area (Å²) in [4.78, 5) is 27.1. The third kappa shape index (κ3) is 5.39. The molecule has 2 atom stereocenters. The number of piperidine rings is 1. The van der Waals surface area contributed by atoms with Crippen LogP contribution in [0.3, 0.4) is 0 Å². The van der Waals surface area contributed by atoms with Crippen molar-refractivity contribution in [2.45, 2.75) is 32.0 Å².